The van der Waals surface area contributed by atoms with Crippen molar-refractivity contribution in [3.05, 3.63) is 60.4 Å². The molecule has 28 heavy (non-hydrogen) atoms. The number of ether oxygens (including phenoxy) is 1. The van der Waals surface area contributed by atoms with Gasteiger partial charge in [-0.05, 0) is 43.4 Å². The fraction of sp³-hybridized carbons (Fsp3) is 0.273. The number of fused-ring (bicyclic) bond motifs is 1. The largest absolute Gasteiger partial charge is 0.497 e. The zero-order chi connectivity index (χ0) is 19.5. The first-order valence-corrected chi connectivity index (χ1v) is 9.41. The van der Waals surface area contributed by atoms with E-state index < -0.39 is 0 Å². The van der Waals surface area contributed by atoms with Gasteiger partial charge in [-0.3, -0.25) is 9.78 Å². The topological polar surface area (TPSA) is 57.7 Å². The molecule has 4 rings (SSSR count). The van der Waals surface area contributed by atoms with E-state index >= 15 is 0 Å². The summed E-state index contributed by atoms with van der Waals surface area (Å²) in [4.78, 5) is 21.6. The Morgan fingerprint density at radius 1 is 1.07 bits per heavy atom. The van der Waals surface area contributed by atoms with Crippen LogP contribution in [0, 0.1) is 0 Å². The molecular formula is C22H24N4O2. The Bertz CT molecular complexity index is 979. The average Bonchev–Trinajstić information content (AvgIpc) is 2.74. The Morgan fingerprint density at radius 2 is 1.82 bits per heavy atom. The zero-order valence-corrected chi connectivity index (χ0v) is 16.2. The van der Waals surface area contributed by atoms with Crippen LogP contribution in [0.1, 0.15) is 10.4 Å². The van der Waals surface area contributed by atoms with E-state index in [1.165, 1.54) is 0 Å². The first kappa shape index (κ1) is 18.3. The van der Waals surface area contributed by atoms with Crippen LogP contribution in [-0.2, 0) is 0 Å². The highest BCUT2D eigenvalue weighted by atomic mass is 16.5. The summed E-state index contributed by atoms with van der Waals surface area (Å²) in [5.74, 6) is 0.539. The molecular weight excluding hydrogens is 352 g/mol. The molecule has 1 aromatic heterocycles. The number of likely N-dealkylation sites (N-methyl/N-ethyl adjacent to an activating group) is 1. The highest BCUT2D eigenvalue weighted by Crippen LogP contribution is 2.29. The summed E-state index contributed by atoms with van der Waals surface area (Å²) >= 11 is 0. The number of hydrogen-bond acceptors (Lipinski definition) is 5. The number of benzene rings is 2. The Balaban J connectivity index is 1.53. The molecule has 6 nitrogen and oxygen atoms in total. The minimum absolute atomic E-state index is 0.142. The van der Waals surface area contributed by atoms with E-state index in [0.29, 0.717) is 17.0 Å². The summed E-state index contributed by atoms with van der Waals surface area (Å²) in [6.07, 6.45) is 3.48. The van der Waals surface area contributed by atoms with E-state index in [4.69, 9.17) is 4.74 Å². The van der Waals surface area contributed by atoms with E-state index in [1.807, 2.05) is 42.5 Å². The molecule has 0 atom stereocenters. The molecule has 1 N–H and O–H groups in total. The van der Waals surface area contributed by atoms with Crippen LogP contribution >= 0.6 is 0 Å². The summed E-state index contributed by atoms with van der Waals surface area (Å²) in [7, 11) is 3.75. The van der Waals surface area contributed by atoms with Gasteiger partial charge in [0.25, 0.3) is 5.91 Å². The number of piperazine rings is 1. The second-order valence-corrected chi connectivity index (χ2v) is 7.06. The number of carbonyl (C=O) groups is 1. The maximum atomic E-state index is 12.8. The van der Waals surface area contributed by atoms with Crippen molar-refractivity contribution in [2.45, 2.75) is 0 Å². The van der Waals surface area contributed by atoms with E-state index in [0.717, 1.165) is 42.6 Å². The quantitative estimate of drug-likeness (QED) is 0.758. The minimum Gasteiger partial charge on any atom is -0.497 e. The second-order valence-electron chi connectivity index (χ2n) is 7.06. The Hall–Kier alpha value is -3.12. The van der Waals surface area contributed by atoms with Gasteiger partial charge in [-0.15, -0.1) is 0 Å². The molecule has 2 heterocycles. The molecule has 6 heteroatoms. The van der Waals surface area contributed by atoms with Crippen LogP contribution in [0.4, 0.5) is 11.4 Å². The fourth-order valence-corrected chi connectivity index (χ4v) is 3.49. The third-order valence-electron chi connectivity index (χ3n) is 5.21. The molecule has 1 aliphatic rings. The van der Waals surface area contributed by atoms with Gasteiger partial charge in [0.1, 0.15) is 5.75 Å². The number of nitrogens with one attached hydrogen (secondary N) is 1. The predicted molar refractivity (Wildman–Crippen MR) is 112 cm³/mol. The number of aromatic nitrogens is 1. The van der Waals surface area contributed by atoms with Gasteiger partial charge >= 0.3 is 0 Å². The summed E-state index contributed by atoms with van der Waals surface area (Å²) < 4.78 is 5.35. The van der Waals surface area contributed by atoms with Gasteiger partial charge in [0.2, 0.25) is 0 Å². The van der Waals surface area contributed by atoms with Gasteiger partial charge < -0.3 is 19.9 Å². The lowest BCUT2D eigenvalue weighted by molar-refractivity contribution is 0.102. The molecule has 0 bridgehead atoms. The maximum Gasteiger partial charge on any atom is 0.255 e. The molecule has 0 unspecified atom stereocenters. The minimum atomic E-state index is -0.142. The van der Waals surface area contributed by atoms with Gasteiger partial charge in [-0.1, -0.05) is 0 Å². The first-order valence-electron chi connectivity index (χ1n) is 9.41. The smallest absolute Gasteiger partial charge is 0.255 e. The highest BCUT2D eigenvalue weighted by Gasteiger charge is 2.15. The van der Waals surface area contributed by atoms with Crippen LogP contribution in [0.25, 0.3) is 10.8 Å². The van der Waals surface area contributed by atoms with Crippen molar-refractivity contribution in [1.82, 2.24) is 9.88 Å². The number of carbonyl (C=O) groups excluding carboxylic acids is 1. The molecule has 1 amide bonds. The molecule has 3 aromatic rings. The first-order chi connectivity index (χ1) is 13.6. The number of pyridine rings is 1. The van der Waals surface area contributed by atoms with Crippen molar-refractivity contribution in [2.24, 2.45) is 0 Å². The third kappa shape index (κ3) is 3.77. The SMILES string of the molecule is COc1cc(NC(=O)c2ccc(N3CCN(C)CC3)cc2)c2ccncc2c1. The number of hydrogen-bond donors (Lipinski definition) is 1. The summed E-state index contributed by atoms with van der Waals surface area (Å²) in [5, 5.41) is 4.86. The number of amides is 1. The van der Waals surface area contributed by atoms with Crippen molar-refractivity contribution in [3.63, 3.8) is 0 Å². The Labute approximate surface area is 164 Å². The highest BCUT2D eigenvalue weighted by molar-refractivity contribution is 6.09. The molecule has 0 radical (unpaired) electrons. The van der Waals surface area contributed by atoms with Crippen molar-refractivity contribution < 1.29 is 9.53 Å². The van der Waals surface area contributed by atoms with Crippen LogP contribution < -0.4 is 15.0 Å². The van der Waals surface area contributed by atoms with Gasteiger partial charge in [0.05, 0.1) is 12.8 Å². The number of anilines is 2. The monoisotopic (exact) mass is 376 g/mol. The molecule has 0 spiro atoms. The third-order valence-corrected chi connectivity index (χ3v) is 5.21. The van der Waals surface area contributed by atoms with Crippen LogP contribution in [0.2, 0.25) is 0 Å². The predicted octanol–water partition coefficient (Wildman–Crippen LogP) is 3.25. The average molecular weight is 376 g/mol. The van der Waals surface area contributed by atoms with Gasteiger partial charge in [-0.25, -0.2) is 0 Å². The summed E-state index contributed by atoms with van der Waals surface area (Å²) in [6.45, 7) is 4.12. The van der Waals surface area contributed by atoms with Crippen LogP contribution in [0.15, 0.2) is 54.9 Å². The molecule has 0 saturated carbocycles. The van der Waals surface area contributed by atoms with Gasteiger partial charge in [-0.2, -0.15) is 0 Å². The van der Waals surface area contributed by atoms with E-state index in [-0.39, 0.29) is 5.91 Å². The maximum absolute atomic E-state index is 12.8. The summed E-state index contributed by atoms with van der Waals surface area (Å²) in [5.41, 5.74) is 2.50. The lowest BCUT2D eigenvalue weighted by Gasteiger charge is -2.34. The number of methoxy groups -OCH3 is 1. The van der Waals surface area contributed by atoms with Crippen molar-refractivity contribution in [1.29, 1.82) is 0 Å². The molecule has 1 fully saturated rings. The molecule has 1 saturated heterocycles. The van der Waals surface area contributed by atoms with E-state index in [1.54, 1.807) is 19.5 Å². The van der Waals surface area contributed by atoms with Gasteiger partial charge in [0, 0.05) is 66.7 Å². The lowest BCUT2D eigenvalue weighted by atomic mass is 10.1. The molecule has 144 valence electrons. The molecule has 0 aliphatic carbocycles. The van der Waals surface area contributed by atoms with Crippen molar-refractivity contribution in [3.8, 4) is 5.75 Å². The zero-order valence-electron chi connectivity index (χ0n) is 16.2. The molecule has 2 aromatic carbocycles. The van der Waals surface area contributed by atoms with Gasteiger partial charge in [0.15, 0.2) is 0 Å². The van der Waals surface area contributed by atoms with Crippen LogP contribution in [0.3, 0.4) is 0 Å². The van der Waals surface area contributed by atoms with E-state index in [9.17, 15) is 4.79 Å². The van der Waals surface area contributed by atoms with Crippen molar-refractivity contribution in [2.75, 3.05) is 50.6 Å². The number of nitrogens with zero attached hydrogens (tertiary/aromatic N) is 3. The second kappa shape index (κ2) is 7.86. The Morgan fingerprint density at radius 3 is 2.54 bits per heavy atom. The fourth-order valence-electron chi connectivity index (χ4n) is 3.49. The standard InChI is InChI=1S/C22H24N4O2/c1-25-9-11-26(12-10-25)18-5-3-16(4-6-18)22(27)24-21-14-19(28-2)13-17-15-23-8-7-20(17)21/h3-8,13-15H,9-12H2,1-2H3,(H,24,27). The van der Waals surface area contributed by atoms with Crippen LogP contribution in [-0.4, -0.2) is 56.1 Å². The Kier molecular flexibility index (Phi) is 5.12. The molecule has 1 aliphatic heterocycles. The normalized spacial score (nSPS) is 14.9. The van der Waals surface area contributed by atoms with Crippen LogP contribution in [0.5, 0.6) is 5.75 Å². The van der Waals surface area contributed by atoms with Crippen molar-refractivity contribution >= 4 is 28.1 Å². The lowest BCUT2D eigenvalue weighted by Crippen LogP contribution is -2.44. The summed E-state index contributed by atoms with van der Waals surface area (Å²) in [6, 6.07) is 13.4. The number of rotatable bonds is 4. The van der Waals surface area contributed by atoms with E-state index in [2.05, 4.69) is 27.1 Å².